The van der Waals surface area contributed by atoms with Gasteiger partial charge in [-0.15, -0.1) is 11.8 Å². The molecule has 1 atom stereocenters. The smallest absolute Gasteiger partial charge is 0.258 e. The van der Waals surface area contributed by atoms with Gasteiger partial charge in [-0.1, -0.05) is 31.2 Å². The van der Waals surface area contributed by atoms with Crippen molar-refractivity contribution in [2.45, 2.75) is 23.5 Å². The van der Waals surface area contributed by atoms with Gasteiger partial charge in [0.1, 0.15) is 0 Å². The first-order chi connectivity index (χ1) is 11.7. The molecular weight excluding hydrogens is 316 g/mol. The fraction of sp³-hybridized carbons (Fsp3) is 0.200. The standard InChI is InChI=1S/C20H18N2OS/c1-14-11-13-22(18-9-2-3-10-19(18)24-14)20(23)16-6-4-8-17-15(16)7-5-12-21-17/h2-10,12,14H,11,13H2,1H3/t14-/m0/s1. The summed E-state index contributed by atoms with van der Waals surface area (Å²) in [7, 11) is 0. The van der Waals surface area contributed by atoms with Crippen molar-refractivity contribution in [1.29, 1.82) is 0 Å². The van der Waals surface area contributed by atoms with Crippen LogP contribution in [0.4, 0.5) is 5.69 Å². The lowest BCUT2D eigenvalue weighted by molar-refractivity contribution is 0.0988. The highest BCUT2D eigenvalue weighted by atomic mass is 32.2. The topological polar surface area (TPSA) is 33.2 Å². The van der Waals surface area contributed by atoms with E-state index in [1.54, 1.807) is 6.20 Å². The first-order valence-electron chi connectivity index (χ1n) is 8.15. The van der Waals surface area contributed by atoms with Crippen LogP contribution in [0.25, 0.3) is 10.9 Å². The third-order valence-electron chi connectivity index (χ3n) is 4.36. The van der Waals surface area contributed by atoms with E-state index in [2.05, 4.69) is 18.0 Å². The molecule has 3 nitrogen and oxygen atoms in total. The van der Waals surface area contributed by atoms with Gasteiger partial charge in [0, 0.05) is 33.8 Å². The number of anilines is 1. The van der Waals surface area contributed by atoms with Crippen LogP contribution in [-0.2, 0) is 0 Å². The minimum Gasteiger partial charge on any atom is -0.307 e. The van der Waals surface area contributed by atoms with Crippen molar-refractivity contribution in [2.24, 2.45) is 0 Å². The lowest BCUT2D eigenvalue weighted by atomic mass is 10.1. The molecule has 0 saturated carbocycles. The van der Waals surface area contributed by atoms with E-state index < -0.39 is 0 Å². The van der Waals surface area contributed by atoms with E-state index in [0.717, 1.165) is 35.1 Å². The van der Waals surface area contributed by atoms with Gasteiger partial charge in [0.2, 0.25) is 0 Å². The molecule has 2 heterocycles. The molecule has 3 aromatic rings. The molecule has 0 bridgehead atoms. The number of fused-ring (bicyclic) bond motifs is 2. The molecule has 0 aliphatic carbocycles. The Balaban J connectivity index is 1.82. The summed E-state index contributed by atoms with van der Waals surface area (Å²) in [6, 6.07) is 17.8. The summed E-state index contributed by atoms with van der Waals surface area (Å²) >= 11 is 1.85. The maximum atomic E-state index is 13.3. The predicted octanol–water partition coefficient (Wildman–Crippen LogP) is 4.77. The Morgan fingerprint density at radius 2 is 2.00 bits per heavy atom. The highest BCUT2D eigenvalue weighted by Crippen LogP contribution is 2.38. The molecule has 1 aromatic heterocycles. The van der Waals surface area contributed by atoms with Gasteiger partial charge in [-0.3, -0.25) is 9.78 Å². The minimum absolute atomic E-state index is 0.0516. The van der Waals surface area contributed by atoms with E-state index in [0.29, 0.717) is 5.25 Å². The minimum atomic E-state index is 0.0516. The zero-order valence-corrected chi connectivity index (χ0v) is 14.3. The van der Waals surface area contributed by atoms with E-state index in [4.69, 9.17) is 0 Å². The van der Waals surface area contributed by atoms with E-state index in [1.165, 1.54) is 4.90 Å². The molecule has 2 aromatic carbocycles. The summed E-state index contributed by atoms with van der Waals surface area (Å²) in [5.41, 5.74) is 2.59. The number of amides is 1. The molecule has 4 heteroatoms. The van der Waals surface area contributed by atoms with Gasteiger partial charge in [-0.2, -0.15) is 0 Å². The monoisotopic (exact) mass is 334 g/mol. The van der Waals surface area contributed by atoms with Gasteiger partial charge in [0.25, 0.3) is 5.91 Å². The third kappa shape index (κ3) is 2.67. The molecule has 1 amide bonds. The Hall–Kier alpha value is -2.33. The Morgan fingerprint density at radius 3 is 2.92 bits per heavy atom. The number of pyridine rings is 1. The number of rotatable bonds is 1. The van der Waals surface area contributed by atoms with Crippen molar-refractivity contribution >= 4 is 34.3 Å². The quantitative estimate of drug-likeness (QED) is 0.643. The van der Waals surface area contributed by atoms with E-state index in [9.17, 15) is 4.79 Å². The fourth-order valence-corrected chi connectivity index (χ4v) is 4.25. The number of carbonyl (C=O) groups is 1. The lowest BCUT2D eigenvalue weighted by Gasteiger charge is -2.23. The van der Waals surface area contributed by atoms with Gasteiger partial charge in [-0.05, 0) is 36.8 Å². The van der Waals surface area contributed by atoms with Crippen LogP contribution in [-0.4, -0.2) is 22.7 Å². The molecule has 4 rings (SSSR count). The average Bonchev–Trinajstić information content (AvgIpc) is 2.79. The van der Waals surface area contributed by atoms with Crippen LogP contribution in [0.1, 0.15) is 23.7 Å². The number of carbonyl (C=O) groups excluding carboxylic acids is 1. The first kappa shape index (κ1) is 15.2. The van der Waals surface area contributed by atoms with Crippen molar-refractivity contribution in [3.8, 4) is 0 Å². The molecule has 0 fully saturated rings. The summed E-state index contributed by atoms with van der Waals surface area (Å²) in [5.74, 6) is 0.0516. The van der Waals surface area contributed by atoms with Crippen LogP contribution in [0.15, 0.2) is 65.7 Å². The maximum absolute atomic E-state index is 13.3. The molecule has 1 aliphatic heterocycles. The summed E-state index contributed by atoms with van der Waals surface area (Å²) < 4.78 is 0. The number of benzene rings is 2. The molecule has 0 radical (unpaired) electrons. The molecule has 0 spiro atoms. The molecule has 0 saturated heterocycles. The average molecular weight is 334 g/mol. The molecule has 0 N–H and O–H groups in total. The van der Waals surface area contributed by atoms with Gasteiger partial charge >= 0.3 is 0 Å². The zero-order valence-electron chi connectivity index (χ0n) is 13.5. The normalized spacial score (nSPS) is 17.4. The van der Waals surface area contributed by atoms with Crippen molar-refractivity contribution in [3.63, 3.8) is 0 Å². The summed E-state index contributed by atoms with van der Waals surface area (Å²) in [6.07, 6.45) is 2.74. The highest BCUT2D eigenvalue weighted by molar-refractivity contribution is 8.00. The van der Waals surface area contributed by atoms with Crippen molar-refractivity contribution in [1.82, 2.24) is 4.98 Å². The molecule has 24 heavy (non-hydrogen) atoms. The fourth-order valence-electron chi connectivity index (χ4n) is 3.13. The van der Waals surface area contributed by atoms with Crippen molar-refractivity contribution in [2.75, 3.05) is 11.4 Å². The SMILES string of the molecule is C[C@H]1CCN(C(=O)c2cccc3ncccc23)c2ccccc2S1. The lowest BCUT2D eigenvalue weighted by Crippen LogP contribution is -2.32. The Kier molecular flexibility index (Phi) is 3.98. The molecule has 120 valence electrons. The predicted molar refractivity (Wildman–Crippen MR) is 99.8 cm³/mol. The van der Waals surface area contributed by atoms with Crippen LogP contribution >= 0.6 is 11.8 Å². The van der Waals surface area contributed by atoms with Crippen molar-refractivity contribution < 1.29 is 4.79 Å². The van der Waals surface area contributed by atoms with Crippen LogP contribution in [0, 0.1) is 0 Å². The number of nitrogens with zero attached hydrogens (tertiary/aromatic N) is 2. The highest BCUT2D eigenvalue weighted by Gasteiger charge is 2.25. The number of aromatic nitrogens is 1. The molecule has 1 aliphatic rings. The Morgan fingerprint density at radius 1 is 1.12 bits per heavy atom. The van der Waals surface area contributed by atoms with Gasteiger partial charge in [0.15, 0.2) is 0 Å². The first-order valence-corrected chi connectivity index (χ1v) is 9.03. The summed E-state index contributed by atoms with van der Waals surface area (Å²) in [5, 5.41) is 1.41. The van der Waals surface area contributed by atoms with E-state index in [1.807, 2.05) is 65.2 Å². The molecule has 0 unspecified atom stereocenters. The van der Waals surface area contributed by atoms with Crippen LogP contribution in [0.5, 0.6) is 0 Å². The van der Waals surface area contributed by atoms with Crippen LogP contribution in [0.2, 0.25) is 0 Å². The zero-order chi connectivity index (χ0) is 16.5. The van der Waals surface area contributed by atoms with Gasteiger partial charge < -0.3 is 4.90 Å². The van der Waals surface area contributed by atoms with E-state index >= 15 is 0 Å². The van der Waals surface area contributed by atoms with Gasteiger partial charge in [0.05, 0.1) is 11.2 Å². The maximum Gasteiger partial charge on any atom is 0.258 e. The van der Waals surface area contributed by atoms with Crippen molar-refractivity contribution in [3.05, 3.63) is 66.4 Å². The number of hydrogen-bond acceptors (Lipinski definition) is 3. The summed E-state index contributed by atoms with van der Waals surface area (Å²) in [4.78, 5) is 20.8. The number of hydrogen-bond donors (Lipinski definition) is 0. The Labute approximate surface area is 145 Å². The largest absolute Gasteiger partial charge is 0.307 e. The number of para-hydroxylation sites is 1. The Bertz CT molecular complexity index is 904. The summed E-state index contributed by atoms with van der Waals surface area (Å²) in [6.45, 7) is 2.96. The second kappa shape index (κ2) is 6.29. The second-order valence-corrected chi connectivity index (χ2v) is 7.50. The second-order valence-electron chi connectivity index (χ2n) is 6.02. The number of thioether (sulfide) groups is 1. The van der Waals surface area contributed by atoms with Crippen LogP contribution < -0.4 is 4.90 Å². The van der Waals surface area contributed by atoms with Gasteiger partial charge in [-0.25, -0.2) is 0 Å². The van der Waals surface area contributed by atoms with E-state index in [-0.39, 0.29) is 5.91 Å². The van der Waals surface area contributed by atoms with Crippen LogP contribution in [0.3, 0.4) is 0 Å². The molecular formula is C20H18N2OS. The third-order valence-corrected chi connectivity index (χ3v) is 5.60.